The predicted octanol–water partition coefficient (Wildman–Crippen LogP) is 7.25. The zero-order valence-corrected chi connectivity index (χ0v) is 36.6. The number of hydrogen-bond acceptors (Lipinski definition) is 10. The number of aliphatic imine (C=N–C) groups is 1. The molecule has 2 atom stereocenters. The van der Waals surface area contributed by atoms with Gasteiger partial charge in [0.1, 0.15) is 5.76 Å². The lowest BCUT2D eigenvalue weighted by molar-refractivity contribution is -0.154. The Hall–Kier alpha value is -4.56. The maximum absolute atomic E-state index is 14.5. The van der Waals surface area contributed by atoms with Crippen LogP contribution in [0.25, 0.3) is 5.57 Å². The number of carbonyl (C=O) groups is 4. The largest absolute Gasteiger partial charge is 0.506 e. The normalized spacial score (nSPS) is 23.0. The number of amides is 2. The van der Waals surface area contributed by atoms with Gasteiger partial charge in [-0.15, -0.1) is 0 Å². The number of fused-ring (bicyclic) bond motifs is 2. The molecule has 316 valence electrons. The third kappa shape index (κ3) is 8.32. The highest BCUT2D eigenvalue weighted by molar-refractivity contribution is 7.85. The Morgan fingerprint density at radius 2 is 1.62 bits per heavy atom. The number of carbonyl (C=O) groups excluding carboxylic acids is 4. The minimum atomic E-state index is -4.16. The van der Waals surface area contributed by atoms with Crippen molar-refractivity contribution in [2.75, 3.05) is 35.7 Å². The Morgan fingerprint density at radius 3 is 2.21 bits per heavy atom. The SMILES string of the molecule is CCCN1C2=CC(=NC(=O)CCCOC(=O)C(C)(C)CC)C(=C3C(=O)C(c4cc5c(cc4NC(C)=O)N(CCCS(=O)(=O)O)C(C)C5(C)C)=C3O)C=C2C(C)(C)C1C. The van der Waals surface area contributed by atoms with Crippen LogP contribution in [0.4, 0.5) is 11.4 Å². The second-order valence-electron chi connectivity index (χ2n) is 17.7. The van der Waals surface area contributed by atoms with E-state index >= 15 is 0 Å². The van der Waals surface area contributed by atoms with Crippen molar-refractivity contribution < 1.29 is 42.0 Å². The van der Waals surface area contributed by atoms with Crippen LogP contribution >= 0.6 is 0 Å². The lowest BCUT2D eigenvalue weighted by atomic mass is 9.73. The van der Waals surface area contributed by atoms with E-state index in [1.165, 1.54) is 6.92 Å². The first-order valence-electron chi connectivity index (χ1n) is 20.3. The summed E-state index contributed by atoms with van der Waals surface area (Å²) in [6, 6.07) is 3.53. The molecule has 58 heavy (non-hydrogen) atoms. The van der Waals surface area contributed by atoms with Crippen LogP contribution in [0, 0.1) is 10.8 Å². The van der Waals surface area contributed by atoms with E-state index in [-0.39, 0.29) is 72.0 Å². The molecule has 2 heterocycles. The van der Waals surface area contributed by atoms with Crippen LogP contribution in [0.15, 0.2) is 57.5 Å². The maximum Gasteiger partial charge on any atom is 0.311 e. The Morgan fingerprint density at radius 1 is 0.966 bits per heavy atom. The average molecular weight is 821 g/mol. The molecule has 1 aromatic carbocycles. The summed E-state index contributed by atoms with van der Waals surface area (Å²) in [5, 5.41) is 14.8. The van der Waals surface area contributed by atoms with E-state index in [9.17, 15) is 37.3 Å². The molecule has 2 aliphatic carbocycles. The Labute approximate surface area is 343 Å². The zero-order valence-electron chi connectivity index (χ0n) is 35.8. The number of anilines is 2. The minimum Gasteiger partial charge on any atom is -0.506 e. The molecule has 1 saturated heterocycles. The van der Waals surface area contributed by atoms with Gasteiger partial charge in [-0.2, -0.15) is 8.42 Å². The van der Waals surface area contributed by atoms with Gasteiger partial charge < -0.3 is 25.0 Å². The highest BCUT2D eigenvalue weighted by atomic mass is 32.2. The highest BCUT2D eigenvalue weighted by Crippen LogP contribution is 2.53. The van der Waals surface area contributed by atoms with Gasteiger partial charge in [0.25, 0.3) is 10.1 Å². The molecule has 0 spiro atoms. The number of nitrogens with one attached hydrogen (secondary N) is 1. The predicted molar refractivity (Wildman–Crippen MR) is 226 cm³/mol. The van der Waals surface area contributed by atoms with E-state index in [0.717, 1.165) is 35.5 Å². The number of Topliss-reactive ketones (excluding diaryl/α,β-unsaturated/α-hetero) is 1. The van der Waals surface area contributed by atoms with Gasteiger partial charge in [-0.05, 0) is 88.8 Å². The van der Waals surface area contributed by atoms with E-state index in [2.05, 4.69) is 42.9 Å². The first-order chi connectivity index (χ1) is 26.9. The number of ketones is 1. The quantitative estimate of drug-likeness (QED) is 0.0744. The third-order valence-electron chi connectivity index (χ3n) is 12.8. The zero-order chi connectivity index (χ0) is 43.3. The fourth-order valence-corrected chi connectivity index (χ4v) is 8.71. The summed E-state index contributed by atoms with van der Waals surface area (Å²) in [4.78, 5) is 61.8. The van der Waals surface area contributed by atoms with Crippen LogP contribution in [0.1, 0.15) is 119 Å². The molecule has 5 rings (SSSR count). The standard InChI is InChI=1S/C44H60N4O9S/c1-12-17-47-25(3)43(8,9)30-22-29(33(24-34(30)47)46-36(50)16-14-19-57-41(53)42(6,7)13-2)38-39(51)37(40(38)52)28-21-31-35(23-32(28)45-27(5)49)48(26(4)44(31,10)11)18-15-20-58(54,55)56/h21-26,51H,12-20H2,1-11H3,(H,45,49)(H,54,55,56). The number of rotatable bonds is 14. The Kier molecular flexibility index (Phi) is 12.5. The fraction of sp³-hybridized carbons (Fsp3) is 0.568. The summed E-state index contributed by atoms with van der Waals surface area (Å²) < 4.78 is 37.8. The first kappa shape index (κ1) is 44.5. The van der Waals surface area contributed by atoms with Gasteiger partial charge in [0.05, 0.1) is 40.3 Å². The van der Waals surface area contributed by atoms with Gasteiger partial charge in [-0.1, -0.05) is 41.5 Å². The van der Waals surface area contributed by atoms with Crippen molar-refractivity contribution in [2.24, 2.45) is 15.8 Å². The summed E-state index contributed by atoms with van der Waals surface area (Å²) in [6.07, 6.45) is 5.65. The van der Waals surface area contributed by atoms with Crippen LogP contribution in [-0.4, -0.2) is 89.8 Å². The molecule has 2 aliphatic heterocycles. The van der Waals surface area contributed by atoms with E-state index in [0.29, 0.717) is 29.8 Å². The number of esters is 1. The van der Waals surface area contributed by atoms with Crippen LogP contribution in [0.3, 0.4) is 0 Å². The number of allylic oxidation sites excluding steroid dienone is 6. The van der Waals surface area contributed by atoms with E-state index in [4.69, 9.17) is 4.74 Å². The average Bonchev–Trinajstić information content (AvgIpc) is 3.42. The van der Waals surface area contributed by atoms with Crippen molar-refractivity contribution in [2.45, 2.75) is 126 Å². The molecule has 1 fully saturated rings. The molecule has 4 aliphatic rings. The van der Waals surface area contributed by atoms with E-state index in [1.54, 1.807) is 12.1 Å². The van der Waals surface area contributed by atoms with Crippen molar-refractivity contribution in [1.29, 1.82) is 0 Å². The van der Waals surface area contributed by atoms with Crippen molar-refractivity contribution in [3.8, 4) is 0 Å². The Balaban J connectivity index is 1.60. The van der Waals surface area contributed by atoms with Crippen molar-refractivity contribution in [3.05, 3.63) is 63.6 Å². The van der Waals surface area contributed by atoms with Gasteiger partial charge in [-0.3, -0.25) is 23.7 Å². The number of aliphatic hydroxyl groups excluding tert-OH is 1. The topological polar surface area (TPSA) is 183 Å². The van der Waals surface area contributed by atoms with Crippen molar-refractivity contribution >= 4 is 56.3 Å². The molecule has 2 amide bonds. The summed E-state index contributed by atoms with van der Waals surface area (Å²) >= 11 is 0. The van der Waals surface area contributed by atoms with Crippen LogP contribution < -0.4 is 10.2 Å². The monoisotopic (exact) mass is 820 g/mol. The lowest BCUT2D eigenvalue weighted by Gasteiger charge is -2.31. The van der Waals surface area contributed by atoms with Crippen LogP contribution in [0.5, 0.6) is 0 Å². The van der Waals surface area contributed by atoms with Gasteiger partial charge in [0.2, 0.25) is 17.6 Å². The molecule has 2 unspecified atom stereocenters. The third-order valence-corrected chi connectivity index (χ3v) is 13.6. The lowest BCUT2D eigenvalue weighted by Crippen LogP contribution is -2.39. The molecule has 0 radical (unpaired) electrons. The smallest absolute Gasteiger partial charge is 0.311 e. The Bertz CT molecular complexity index is 2190. The second kappa shape index (κ2) is 16.2. The van der Waals surface area contributed by atoms with Gasteiger partial charge in [0.15, 0.2) is 0 Å². The number of nitrogens with zero attached hydrogens (tertiary/aromatic N) is 3. The minimum absolute atomic E-state index is 0.00349. The molecule has 1 aromatic rings. The molecule has 14 heteroatoms. The maximum atomic E-state index is 14.5. The molecular formula is C44H60N4O9S. The van der Waals surface area contributed by atoms with Crippen LogP contribution in [0.2, 0.25) is 0 Å². The van der Waals surface area contributed by atoms with E-state index < -0.39 is 44.3 Å². The molecular weight excluding hydrogens is 761 g/mol. The fourth-order valence-electron chi connectivity index (χ4n) is 8.22. The van der Waals surface area contributed by atoms with Crippen LogP contribution in [-0.2, 0) is 39.4 Å². The molecule has 0 aromatic heterocycles. The number of benzene rings is 1. The van der Waals surface area contributed by atoms with Crippen molar-refractivity contribution in [1.82, 2.24) is 4.90 Å². The highest BCUT2D eigenvalue weighted by Gasteiger charge is 2.48. The van der Waals surface area contributed by atoms with Gasteiger partial charge >= 0.3 is 5.97 Å². The molecule has 0 bridgehead atoms. The molecule has 0 saturated carbocycles. The first-order valence-corrected chi connectivity index (χ1v) is 21.9. The summed E-state index contributed by atoms with van der Waals surface area (Å²) in [5.41, 5.74) is 3.23. The summed E-state index contributed by atoms with van der Waals surface area (Å²) in [7, 11) is -4.16. The second-order valence-corrected chi connectivity index (χ2v) is 19.3. The number of ether oxygens (including phenoxy) is 1. The van der Waals surface area contributed by atoms with Gasteiger partial charge in [-0.25, -0.2) is 4.99 Å². The van der Waals surface area contributed by atoms with E-state index in [1.807, 2.05) is 58.6 Å². The summed E-state index contributed by atoms with van der Waals surface area (Å²) in [6.45, 7) is 22.6. The number of aliphatic hydroxyl groups is 1. The number of hydrogen-bond donors (Lipinski definition) is 3. The van der Waals surface area contributed by atoms with Crippen molar-refractivity contribution in [3.63, 3.8) is 0 Å². The molecule has 13 nitrogen and oxygen atoms in total. The number of likely N-dealkylation sites (tertiary alicyclic amines) is 1. The van der Waals surface area contributed by atoms with Gasteiger partial charge in [0, 0.05) is 71.9 Å². The molecule has 3 N–H and O–H groups in total. The summed E-state index contributed by atoms with van der Waals surface area (Å²) in [5.74, 6) is -2.34.